The minimum Gasteiger partial charge on any atom is -0.369 e. The summed E-state index contributed by atoms with van der Waals surface area (Å²) in [4.78, 5) is 8.36. The molecule has 0 spiro atoms. The van der Waals surface area contributed by atoms with Crippen molar-refractivity contribution in [2.75, 3.05) is 0 Å². The first-order chi connectivity index (χ1) is 7.75. The van der Waals surface area contributed by atoms with Crippen molar-refractivity contribution >= 4 is 23.8 Å². The van der Waals surface area contributed by atoms with Gasteiger partial charge in [0.25, 0.3) is 5.09 Å². The van der Waals surface area contributed by atoms with E-state index in [1.54, 1.807) is 6.92 Å². The van der Waals surface area contributed by atoms with Gasteiger partial charge in [-0.2, -0.15) is 10.2 Å². The maximum atomic E-state index is 8.36. The van der Waals surface area contributed by atoms with Crippen molar-refractivity contribution in [1.29, 1.82) is 0 Å². The highest BCUT2D eigenvalue weighted by atomic mass is 16.9. The summed E-state index contributed by atoms with van der Waals surface area (Å²) in [7, 11) is 0. The molecule has 17 heavy (non-hydrogen) atoms. The first-order valence-corrected chi connectivity index (χ1v) is 3.84. The average Bonchev–Trinajstić information content (AvgIpc) is 2.13. The van der Waals surface area contributed by atoms with Crippen LogP contribution in [0.2, 0.25) is 0 Å². The minimum atomic E-state index is -1.50. The van der Waals surface area contributed by atoms with Gasteiger partial charge in [0, 0.05) is 0 Å². The molecule has 0 atom stereocenters. The molecule has 9 N–H and O–H groups in total. The molecule has 0 radical (unpaired) electrons. The summed E-state index contributed by atoms with van der Waals surface area (Å²) in [6.07, 6.45) is 1.31. The maximum absolute atomic E-state index is 8.36. The third kappa shape index (κ3) is 24.6. The van der Waals surface area contributed by atoms with Crippen LogP contribution >= 0.6 is 0 Å². The van der Waals surface area contributed by atoms with E-state index in [1.807, 2.05) is 0 Å². The molecular formula is C5H13N9O3. The van der Waals surface area contributed by atoms with Crippen LogP contribution in [0.25, 0.3) is 0 Å². The summed E-state index contributed by atoms with van der Waals surface area (Å²) in [5.74, 6) is -0.263. The normalized spacial score (nSPS) is 10.1. The highest BCUT2D eigenvalue weighted by molar-refractivity contribution is 6.29. The van der Waals surface area contributed by atoms with Gasteiger partial charge in [-0.05, 0) is 6.92 Å². The summed E-state index contributed by atoms with van der Waals surface area (Å²) < 4.78 is 0. The van der Waals surface area contributed by atoms with Gasteiger partial charge in [-0.3, -0.25) is 0 Å². The number of guanidine groups is 2. The second-order valence-corrected chi connectivity index (χ2v) is 2.27. The molecule has 0 amide bonds. The molecule has 0 bridgehead atoms. The van der Waals surface area contributed by atoms with Crippen LogP contribution in [-0.2, 0) is 0 Å². The summed E-state index contributed by atoms with van der Waals surface area (Å²) in [5.41, 5.74) is 20.5. The van der Waals surface area contributed by atoms with E-state index < -0.39 is 5.09 Å². The van der Waals surface area contributed by atoms with E-state index in [4.69, 9.17) is 38.3 Å². The molecule has 12 nitrogen and oxygen atoms in total. The second kappa shape index (κ2) is 9.63. The minimum absolute atomic E-state index is 0.130. The van der Waals surface area contributed by atoms with Crippen LogP contribution in [0, 0.1) is 10.1 Å². The highest BCUT2D eigenvalue weighted by Crippen LogP contribution is 1.76. The van der Waals surface area contributed by atoms with E-state index in [0.717, 1.165) is 0 Å². The molecule has 0 aromatic rings. The van der Waals surface area contributed by atoms with Crippen LogP contribution in [0.4, 0.5) is 0 Å². The number of hydrogen-bond donors (Lipinski definition) is 5. The van der Waals surface area contributed by atoms with Gasteiger partial charge < -0.3 is 28.1 Å². The Bertz CT molecular complexity index is 346. The molecule has 0 saturated carbocycles. The monoisotopic (exact) mass is 247 g/mol. The van der Waals surface area contributed by atoms with Crippen molar-refractivity contribution in [3.05, 3.63) is 10.1 Å². The van der Waals surface area contributed by atoms with Crippen LogP contribution in [0.1, 0.15) is 6.92 Å². The predicted molar refractivity (Wildman–Crippen MR) is 62.0 cm³/mol. The standard InChI is InChI=1S/C5H12N8.HNO3/c1-3(11-13-5(8)9)2-10-12-4(6)7;2-1(3)4/h2H,1H3,(H4,6,7,12)(H4,8,9,13);(H,2,3,4)/b10-2+,11-3-;. The Morgan fingerprint density at radius 1 is 1.18 bits per heavy atom. The summed E-state index contributed by atoms with van der Waals surface area (Å²) in [6, 6.07) is 0. The van der Waals surface area contributed by atoms with Crippen molar-refractivity contribution in [3.63, 3.8) is 0 Å². The van der Waals surface area contributed by atoms with Gasteiger partial charge >= 0.3 is 0 Å². The van der Waals surface area contributed by atoms with Gasteiger partial charge in [0.1, 0.15) is 0 Å². The first kappa shape index (κ1) is 16.5. The first-order valence-electron chi connectivity index (χ1n) is 3.84. The van der Waals surface area contributed by atoms with E-state index in [0.29, 0.717) is 5.71 Å². The molecule has 12 heteroatoms. The smallest absolute Gasteiger partial charge is 0.291 e. The van der Waals surface area contributed by atoms with Crippen molar-refractivity contribution in [2.24, 2.45) is 43.3 Å². The molecule has 0 aromatic carbocycles. The van der Waals surface area contributed by atoms with E-state index >= 15 is 0 Å². The number of nitrogens with zero attached hydrogens (tertiary/aromatic N) is 5. The molecule has 0 aromatic heterocycles. The van der Waals surface area contributed by atoms with Crippen LogP contribution in [0.3, 0.4) is 0 Å². The molecule has 0 fully saturated rings. The van der Waals surface area contributed by atoms with Gasteiger partial charge in [0.2, 0.25) is 11.9 Å². The molecule has 0 aliphatic heterocycles. The zero-order valence-corrected chi connectivity index (χ0v) is 8.89. The SMILES string of the molecule is CC(/C=N/N=C(N)N)=N/N=C(N)N.O=[N+]([O-])O. The molecule has 0 aliphatic rings. The Labute approximate surface area is 95.5 Å². The van der Waals surface area contributed by atoms with E-state index in [1.165, 1.54) is 6.21 Å². The predicted octanol–water partition coefficient (Wildman–Crippen LogP) is -2.45. The Morgan fingerprint density at radius 3 is 1.94 bits per heavy atom. The van der Waals surface area contributed by atoms with Crippen LogP contribution < -0.4 is 22.9 Å². The molecule has 0 saturated heterocycles. The van der Waals surface area contributed by atoms with Gasteiger partial charge in [-0.25, -0.2) is 0 Å². The number of nitrogens with two attached hydrogens (primary N) is 4. The van der Waals surface area contributed by atoms with Gasteiger partial charge in [-0.1, -0.05) is 0 Å². The lowest BCUT2D eigenvalue weighted by molar-refractivity contribution is -0.742. The molecule has 0 heterocycles. The lowest BCUT2D eigenvalue weighted by Crippen LogP contribution is -2.22. The summed E-state index contributed by atoms with van der Waals surface area (Å²) in [6.45, 7) is 1.64. The summed E-state index contributed by atoms with van der Waals surface area (Å²) >= 11 is 0. The molecule has 96 valence electrons. The zero-order valence-electron chi connectivity index (χ0n) is 8.89. The van der Waals surface area contributed by atoms with Crippen LogP contribution in [-0.4, -0.2) is 34.1 Å². The van der Waals surface area contributed by atoms with Gasteiger partial charge in [-0.15, -0.1) is 20.3 Å². The van der Waals surface area contributed by atoms with Crippen LogP contribution in [0.15, 0.2) is 20.4 Å². The van der Waals surface area contributed by atoms with E-state index in [2.05, 4.69) is 20.4 Å². The lowest BCUT2D eigenvalue weighted by atomic mass is 10.5. The molecular weight excluding hydrogens is 234 g/mol. The Hall–Kier alpha value is -2.92. The van der Waals surface area contributed by atoms with Crippen molar-refractivity contribution in [2.45, 2.75) is 6.92 Å². The second-order valence-electron chi connectivity index (χ2n) is 2.27. The largest absolute Gasteiger partial charge is 0.369 e. The number of rotatable bonds is 3. The average molecular weight is 247 g/mol. The van der Waals surface area contributed by atoms with Crippen molar-refractivity contribution in [1.82, 2.24) is 0 Å². The molecule has 0 unspecified atom stereocenters. The van der Waals surface area contributed by atoms with Crippen molar-refractivity contribution in [3.8, 4) is 0 Å². The summed E-state index contributed by atoms with van der Waals surface area (Å²) in [5, 5.41) is 27.4. The molecule has 0 rings (SSSR count). The van der Waals surface area contributed by atoms with Crippen molar-refractivity contribution < 1.29 is 10.3 Å². The Balaban J connectivity index is 0. The third-order valence-electron chi connectivity index (χ3n) is 0.741. The van der Waals surface area contributed by atoms with Crippen LogP contribution in [0.5, 0.6) is 0 Å². The lowest BCUT2D eigenvalue weighted by Gasteiger charge is -1.86. The fraction of sp³-hybridized carbons (Fsp3) is 0.200. The van der Waals surface area contributed by atoms with E-state index in [9.17, 15) is 0 Å². The zero-order chi connectivity index (χ0) is 13.8. The number of hydrogen-bond acceptors (Lipinski definition) is 6. The fourth-order valence-electron chi connectivity index (χ4n) is 0.342. The highest BCUT2D eigenvalue weighted by Gasteiger charge is 1.83. The van der Waals surface area contributed by atoms with Gasteiger partial charge in [0.05, 0.1) is 11.9 Å². The Kier molecular flexibility index (Phi) is 9.35. The fourth-order valence-corrected chi connectivity index (χ4v) is 0.342. The third-order valence-corrected chi connectivity index (χ3v) is 0.741. The quantitative estimate of drug-likeness (QED) is 0.156. The van der Waals surface area contributed by atoms with E-state index in [-0.39, 0.29) is 11.9 Å². The maximum Gasteiger partial charge on any atom is 0.291 e. The Morgan fingerprint density at radius 2 is 1.59 bits per heavy atom. The van der Waals surface area contributed by atoms with Gasteiger partial charge in [0.15, 0.2) is 0 Å². The molecule has 0 aliphatic carbocycles. The topological polar surface area (TPSA) is 217 Å².